The fourth-order valence-corrected chi connectivity index (χ4v) is 8.33. The molecule has 0 spiro atoms. The lowest BCUT2D eigenvalue weighted by Gasteiger charge is -2.45. The highest BCUT2D eigenvalue weighted by Crippen LogP contribution is 2.36. The van der Waals surface area contributed by atoms with Crippen molar-refractivity contribution in [1.29, 1.82) is 0 Å². The molecule has 4 aromatic rings. The van der Waals surface area contributed by atoms with Crippen molar-refractivity contribution in [3.8, 4) is 0 Å². The minimum atomic E-state index is -0.985. The Morgan fingerprint density at radius 2 is 1.51 bits per heavy atom. The standard InChI is InChI=1S/C46H54FN5O5/c1-46(2,3)57-45(56)52-28-36-12-8-7-11-35(36)27-41(52)43(54)49-39(25-31-16-19-37(47)20-17-31)44(55)51-22-21-50(29-38(51)24-30-13-14-30)40(42(53)48-4)26-32-15-18-33-9-5-6-10-34(33)23-32/h5-12,15-20,23,30,38-41H,13-14,21-22,24-29H2,1-4H3,(H,48,53)(H,49,54). The van der Waals surface area contributed by atoms with Gasteiger partial charge in [-0.3, -0.25) is 24.2 Å². The van der Waals surface area contributed by atoms with Gasteiger partial charge in [-0.25, -0.2) is 9.18 Å². The van der Waals surface area contributed by atoms with E-state index in [-0.39, 0.29) is 37.2 Å². The first-order valence-electron chi connectivity index (χ1n) is 20.2. The maximum Gasteiger partial charge on any atom is 0.411 e. The lowest BCUT2D eigenvalue weighted by molar-refractivity contribution is -0.143. The summed E-state index contributed by atoms with van der Waals surface area (Å²) in [6.45, 7) is 6.90. The predicted octanol–water partition coefficient (Wildman–Crippen LogP) is 6.04. The molecule has 1 saturated carbocycles. The highest BCUT2D eigenvalue weighted by Gasteiger charge is 2.42. The molecule has 4 aromatic carbocycles. The number of ether oxygens (including phenoxy) is 1. The Kier molecular flexibility index (Phi) is 11.9. The van der Waals surface area contributed by atoms with Crippen molar-refractivity contribution < 1.29 is 28.3 Å². The van der Waals surface area contributed by atoms with Gasteiger partial charge in [-0.2, -0.15) is 0 Å². The van der Waals surface area contributed by atoms with Crippen LogP contribution in [-0.4, -0.2) is 95.0 Å². The largest absolute Gasteiger partial charge is 0.444 e. The van der Waals surface area contributed by atoms with E-state index in [1.54, 1.807) is 40.0 Å². The van der Waals surface area contributed by atoms with Crippen LogP contribution in [0.2, 0.25) is 0 Å². The van der Waals surface area contributed by atoms with E-state index in [1.807, 2.05) is 41.3 Å². The number of hydrogen-bond acceptors (Lipinski definition) is 6. The van der Waals surface area contributed by atoms with Gasteiger partial charge in [-0.15, -0.1) is 0 Å². The van der Waals surface area contributed by atoms with Gasteiger partial charge in [-0.05, 0) is 84.7 Å². The molecule has 0 bridgehead atoms. The molecule has 2 fully saturated rings. The van der Waals surface area contributed by atoms with Gasteiger partial charge in [0.15, 0.2) is 0 Å². The lowest BCUT2D eigenvalue weighted by Crippen LogP contribution is -2.64. The summed E-state index contributed by atoms with van der Waals surface area (Å²) in [7, 11) is 1.66. The quantitative estimate of drug-likeness (QED) is 0.193. The van der Waals surface area contributed by atoms with Gasteiger partial charge in [0, 0.05) is 45.6 Å². The topological polar surface area (TPSA) is 111 Å². The van der Waals surface area contributed by atoms with Gasteiger partial charge in [0.2, 0.25) is 17.7 Å². The maximum atomic E-state index is 14.9. The van der Waals surface area contributed by atoms with Gasteiger partial charge in [-0.1, -0.05) is 91.7 Å². The first-order chi connectivity index (χ1) is 27.3. The predicted molar refractivity (Wildman–Crippen MR) is 218 cm³/mol. The third kappa shape index (κ3) is 9.82. The van der Waals surface area contributed by atoms with Gasteiger partial charge in [0.1, 0.15) is 23.5 Å². The van der Waals surface area contributed by atoms with E-state index in [1.165, 1.54) is 17.0 Å². The van der Waals surface area contributed by atoms with Crippen LogP contribution in [0.25, 0.3) is 10.8 Å². The minimum absolute atomic E-state index is 0.0712. The van der Waals surface area contributed by atoms with Crippen molar-refractivity contribution in [2.24, 2.45) is 5.92 Å². The fraction of sp³-hybridized carbons (Fsp3) is 0.435. The number of halogens is 1. The molecular weight excluding hydrogens is 722 g/mol. The van der Waals surface area contributed by atoms with Crippen molar-refractivity contribution >= 4 is 34.6 Å². The maximum absolute atomic E-state index is 14.9. The zero-order valence-electron chi connectivity index (χ0n) is 33.4. The second-order valence-electron chi connectivity index (χ2n) is 16.9. The lowest BCUT2D eigenvalue weighted by atomic mass is 9.93. The summed E-state index contributed by atoms with van der Waals surface area (Å²) in [5.41, 5.74) is 2.87. The van der Waals surface area contributed by atoms with Crippen LogP contribution in [0.4, 0.5) is 9.18 Å². The number of hydrogen-bond donors (Lipinski definition) is 2. The number of piperazine rings is 1. The van der Waals surface area contributed by atoms with Crippen molar-refractivity contribution in [1.82, 2.24) is 25.3 Å². The number of nitrogens with zero attached hydrogens (tertiary/aromatic N) is 3. The molecule has 2 aliphatic heterocycles. The second-order valence-corrected chi connectivity index (χ2v) is 16.9. The normalized spacial score (nSPS) is 19.7. The van der Waals surface area contributed by atoms with Crippen molar-refractivity contribution in [2.75, 3.05) is 26.7 Å². The van der Waals surface area contributed by atoms with Crippen LogP contribution >= 0.6 is 0 Å². The smallest absolute Gasteiger partial charge is 0.411 e. The highest BCUT2D eigenvalue weighted by atomic mass is 19.1. The van der Waals surface area contributed by atoms with Crippen LogP contribution in [0, 0.1) is 11.7 Å². The Labute approximate surface area is 334 Å². The third-order valence-electron chi connectivity index (χ3n) is 11.5. The number of carbonyl (C=O) groups excluding carboxylic acids is 4. The molecule has 4 unspecified atom stereocenters. The molecule has 0 aromatic heterocycles. The third-order valence-corrected chi connectivity index (χ3v) is 11.5. The Morgan fingerprint density at radius 3 is 2.21 bits per heavy atom. The van der Waals surface area contributed by atoms with E-state index in [0.29, 0.717) is 37.5 Å². The first kappa shape index (κ1) is 39.9. The van der Waals surface area contributed by atoms with Crippen LogP contribution in [0.1, 0.15) is 62.3 Å². The van der Waals surface area contributed by atoms with E-state index in [2.05, 4.69) is 45.9 Å². The molecule has 3 aliphatic rings. The Bertz CT molecular complexity index is 2100. The van der Waals surface area contributed by atoms with Gasteiger partial charge in [0.05, 0.1) is 12.6 Å². The summed E-state index contributed by atoms with van der Waals surface area (Å²) in [6, 6.07) is 25.6. The molecule has 2 N–H and O–H groups in total. The number of benzene rings is 4. The van der Waals surface area contributed by atoms with Gasteiger partial charge >= 0.3 is 6.09 Å². The number of likely N-dealkylation sites (N-methyl/N-ethyl adjacent to an activating group) is 1. The van der Waals surface area contributed by atoms with Crippen LogP contribution in [-0.2, 0) is 44.9 Å². The average molecular weight is 776 g/mol. The monoisotopic (exact) mass is 775 g/mol. The Balaban J connectivity index is 1.14. The highest BCUT2D eigenvalue weighted by molar-refractivity contribution is 5.92. The molecule has 0 radical (unpaired) electrons. The van der Waals surface area contributed by atoms with Crippen LogP contribution < -0.4 is 10.6 Å². The molecule has 57 heavy (non-hydrogen) atoms. The zero-order valence-corrected chi connectivity index (χ0v) is 33.4. The summed E-state index contributed by atoms with van der Waals surface area (Å²) in [5, 5.41) is 8.21. The molecule has 1 saturated heterocycles. The summed E-state index contributed by atoms with van der Waals surface area (Å²) in [6.07, 6.45) is 3.30. The molecule has 11 heteroatoms. The SMILES string of the molecule is CNC(=O)C(Cc1ccc2ccccc2c1)N1CCN(C(=O)C(Cc2ccc(F)cc2)NC(=O)C2Cc3ccccc3CN2C(=O)OC(C)(C)C)C(CC2CC2)C1. The van der Waals surface area contributed by atoms with Gasteiger partial charge < -0.3 is 20.3 Å². The van der Waals surface area contributed by atoms with E-state index >= 15 is 0 Å². The van der Waals surface area contributed by atoms with Crippen LogP contribution in [0.15, 0.2) is 91.0 Å². The molecule has 2 heterocycles. The van der Waals surface area contributed by atoms with E-state index < -0.39 is 41.5 Å². The summed E-state index contributed by atoms with van der Waals surface area (Å²) >= 11 is 0. The summed E-state index contributed by atoms with van der Waals surface area (Å²) in [5.74, 6) is -0.668. The fourth-order valence-electron chi connectivity index (χ4n) is 8.33. The average Bonchev–Trinajstić information content (AvgIpc) is 4.02. The number of nitrogens with one attached hydrogen (secondary N) is 2. The van der Waals surface area contributed by atoms with Crippen LogP contribution in [0.3, 0.4) is 0 Å². The van der Waals surface area contributed by atoms with E-state index in [0.717, 1.165) is 46.7 Å². The van der Waals surface area contributed by atoms with Crippen LogP contribution in [0.5, 0.6) is 0 Å². The summed E-state index contributed by atoms with van der Waals surface area (Å²) in [4.78, 5) is 62.0. The molecule has 4 amide bonds. The van der Waals surface area contributed by atoms with E-state index in [4.69, 9.17) is 4.74 Å². The zero-order chi connectivity index (χ0) is 40.3. The first-order valence-corrected chi connectivity index (χ1v) is 20.2. The second kappa shape index (κ2) is 17.1. The Morgan fingerprint density at radius 1 is 0.825 bits per heavy atom. The molecule has 300 valence electrons. The van der Waals surface area contributed by atoms with Crippen molar-refractivity contribution in [3.63, 3.8) is 0 Å². The summed E-state index contributed by atoms with van der Waals surface area (Å²) < 4.78 is 19.8. The van der Waals surface area contributed by atoms with E-state index in [9.17, 15) is 23.6 Å². The molecule has 7 rings (SSSR count). The molecule has 10 nitrogen and oxygen atoms in total. The number of carbonyl (C=O) groups is 4. The van der Waals surface area contributed by atoms with Crippen molar-refractivity contribution in [3.05, 3.63) is 119 Å². The number of amides is 4. The van der Waals surface area contributed by atoms with Crippen molar-refractivity contribution in [2.45, 2.75) is 95.6 Å². The number of fused-ring (bicyclic) bond motifs is 2. The molecule has 4 atom stereocenters. The minimum Gasteiger partial charge on any atom is -0.444 e. The molecule has 1 aliphatic carbocycles. The molecular formula is C46H54FN5O5. The van der Waals surface area contributed by atoms with Gasteiger partial charge in [0.25, 0.3) is 0 Å². The Hall–Kier alpha value is -5.29. The number of rotatable bonds is 11.